The van der Waals surface area contributed by atoms with Crippen LogP contribution in [0.15, 0.2) is 47.8 Å². The van der Waals surface area contributed by atoms with Crippen molar-refractivity contribution in [3.8, 4) is 5.69 Å². The first kappa shape index (κ1) is 14.0. The summed E-state index contributed by atoms with van der Waals surface area (Å²) in [6.45, 7) is 5.97. The number of aromatic nitrogens is 2. The van der Waals surface area contributed by atoms with Crippen molar-refractivity contribution < 1.29 is 0 Å². The van der Waals surface area contributed by atoms with Crippen molar-refractivity contribution in [1.29, 1.82) is 0 Å². The molecule has 108 valence electrons. The highest BCUT2D eigenvalue weighted by Gasteiger charge is 2.12. The van der Waals surface area contributed by atoms with Gasteiger partial charge >= 0.3 is 0 Å². The van der Waals surface area contributed by atoms with Gasteiger partial charge in [-0.15, -0.1) is 11.3 Å². The van der Waals surface area contributed by atoms with Crippen LogP contribution in [-0.2, 0) is 13.1 Å². The Hall–Kier alpha value is -1.91. The van der Waals surface area contributed by atoms with E-state index in [1.54, 1.807) is 11.3 Å². The van der Waals surface area contributed by atoms with E-state index in [1.165, 1.54) is 16.1 Å². The van der Waals surface area contributed by atoms with Gasteiger partial charge in [-0.3, -0.25) is 0 Å². The Morgan fingerprint density at radius 2 is 1.86 bits per heavy atom. The molecule has 0 saturated carbocycles. The van der Waals surface area contributed by atoms with Crippen LogP contribution in [0.2, 0.25) is 0 Å². The first-order chi connectivity index (χ1) is 10.3. The number of hydrogen-bond donors (Lipinski definition) is 1. The smallest absolute Gasteiger partial charge is 0.0648 e. The number of para-hydroxylation sites is 1. The Morgan fingerprint density at radius 1 is 1.05 bits per heavy atom. The van der Waals surface area contributed by atoms with Gasteiger partial charge in [0.15, 0.2) is 0 Å². The van der Waals surface area contributed by atoms with E-state index in [-0.39, 0.29) is 0 Å². The molecule has 1 N–H and O–H groups in total. The van der Waals surface area contributed by atoms with Gasteiger partial charge < -0.3 is 5.32 Å². The predicted octanol–water partition coefficient (Wildman–Crippen LogP) is 3.84. The predicted molar refractivity (Wildman–Crippen MR) is 87.9 cm³/mol. The molecule has 0 fully saturated rings. The molecular weight excluding hydrogens is 278 g/mol. The average molecular weight is 297 g/mol. The maximum Gasteiger partial charge on any atom is 0.0648 e. The average Bonchev–Trinajstić information content (AvgIpc) is 3.11. The van der Waals surface area contributed by atoms with Crippen LogP contribution in [0.5, 0.6) is 0 Å². The molecule has 0 aliphatic heterocycles. The second kappa shape index (κ2) is 6.24. The van der Waals surface area contributed by atoms with Crippen LogP contribution in [0.4, 0.5) is 0 Å². The van der Waals surface area contributed by atoms with Crippen molar-refractivity contribution in [2.45, 2.75) is 26.9 Å². The fourth-order valence-electron chi connectivity index (χ4n) is 2.48. The molecule has 0 aliphatic rings. The molecule has 4 heteroatoms. The number of thiophene rings is 1. The molecule has 0 amide bonds. The quantitative estimate of drug-likeness (QED) is 0.775. The van der Waals surface area contributed by atoms with Crippen molar-refractivity contribution in [3.63, 3.8) is 0 Å². The van der Waals surface area contributed by atoms with Crippen molar-refractivity contribution in [1.82, 2.24) is 15.1 Å². The summed E-state index contributed by atoms with van der Waals surface area (Å²) in [5.74, 6) is 0. The molecule has 0 unspecified atom stereocenters. The van der Waals surface area contributed by atoms with E-state index in [2.05, 4.69) is 53.9 Å². The van der Waals surface area contributed by atoms with Crippen LogP contribution in [0, 0.1) is 13.8 Å². The summed E-state index contributed by atoms with van der Waals surface area (Å²) < 4.78 is 2.03. The van der Waals surface area contributed by atoms with Gasteiger partial charge in [-0.05, 0) is 37.4 Å². The van der Waals surface area contributed by atoms with Crippen molar-refractivity contribution >= 4 is 11.3 Å². The Bertz CT molecular complexity index is 699. The van der Waals surface area contributed by atoms with Gasteiger partial charge in [0.25, 0.3) is 0 Å². The second-order valence-corrected chi connectivity index (χ2v) is 6.11. The molecule has 3 aromatic rings. The minimum absolute atomic E-state index is 0.850. The number of benzene rings is 1. The molecule has 0 bridgehead atoms. The molecule has 2 aromatic heterocycles. The van der Waals surface area contributed by atoms with Crippen LogP contribution >= 0.6 is 11.3 Å². The Morgan fingerprint density at radius 3 is 2.57 bits per heavy atom. The van der Waals surface area contributed by atoms with E-state index in [9.17, 15) is 0 Å². The highest BCUT2D eigenvalue weighted by Crippen LogP contribution is 2.18. The monoisotopic (exact) mass is 297 g/mol. The standard InChI is InChI=1S/C17H19N3S/c1-13-17(12-18-11-16-9-6-10-21-16)14(2)20(19-13)15-7-4-3-5-8-15/h3-10,18H,11-12H2,1-2H3. The van der Waals surface area contributed by atoms with Gasteiger partial charge in [0.2, 0.25) is 0 Å². The number of aryl methyl sites for hydroxylation is 1. The van der Waals surface area contributed by atoms with Crippen LogP contribution in [0.3, 0.4) is 0 Å². The van der Waals surface area contributed by atoms with E-state index < -0.39 is 0 Å². The molecule has 0 aliphatic carbocycles. The van der Waals surface area contributed by atoms with Crippen molar-refractivity contribution in [3.05, 3.63) is 69.7 Å². The van der Waals surface area contributed by atoms with Crippen molar-refractivity contribution in [2.75, 3.05) is 0 Å². The van der Waals surface area contributed by atoms with Crippen molar-refractivity contribution in [2.24, 2.45) is 0 Å². The molecule has 0 saturated heterocycles. The van der Waals surface area contributed by atoms with E-state index in [1.807, 2.05) is 22.9 Å². The lowest BCUT2D eigenvalue weighted by Crippen LogP contribution is -2.13. The minimum Gasteiger partial charge on any atom is -0.308 e. The number of nitrogens with one attached hydrogen (secondary N) is 1. The summed E-state index contributed by atoms with van der Waals surface area (Å²) in [7, 11) is 0. The van der Waals surface area contributed by atoms with Crippen LogP contribution < -0.4 is 5.32 Å². The lowest BCUT2D eigenvalue weighted by atomic mass is 10.2. The molecule has 0 spiro atoms. The van der Waals surface area contributed by atoms with Gasteiger partial charge in [0, 0.05) is 29.2 Å². The van der Waals surface area contributed by atoms with E-state index in [4.69, 9.17) is 0 Å². The highest BCUT2D eigenvalue weighted by atomic mass is 32.1. The molecule has 2 heterocycles. The first-order valence-corrected chi connectivity index (χ1v) is 7.97. The van der Waals surface area contributed by atoms with E-state index in [0.717, 1.165) is 24.5 Å². The molecule has 3 rings (SSSR count). The third kappa shape index (κ3) is 3.06. The van der Waals surface area contributed by atoms with Gasteiger partial charge in [-0.1, -0.05) is 24.3 Å². The first-order valence-electron chi connectivity index (χ1n) is 7.09. The SMILES string of the molecule is Cc1nn(-c2ccccc2)c(C)c1CNCc1cccs1. The zero-order valence-corrected chi connectivity index (χ0v) is 13.2. The Labute approximate surface area is 129 Å². The summed E-state index contributed by atoms with van der Waals surface area (Å²) in [4.78, 5) is 1.36. The lowest BCUT2D eigenvalue weighted by Gasteiger charge is -2.06. The lowest BCUT2D eigenvalue weighted by molar-refractivity contribution is 0.694. The molecule has 0 atom stereocenters. The summed E-state index contributed by atoms with van der Waals surface area (Å²) in [6, 6.07) is 14.5. The third-order valence-corrected chi connectivity index (χ3v) is 4.50. The maximum atomic E-state index is 4.68. The normalized spacial score (nSPS) is 11.0. The third-order valence-electron chi connectivity index (χ3n) is 3.62. The second-order valence-electron chi connectivity index (χ2n) is 5.08. The Kier molecular flexibility index (Phi) is 4.18. The highest BCUT2D eigenvalue weighted by molar-refractivity contribution is 7.09. The zero-order valence-electron chi connectivity index (χ0n) is 12.3. The van der Waals surface area contributed by atoms with Gasteiger partial charge in [0.1, 0.15) is 0 Å². The van der Waals surface area contributed by atoms with Gasteiger partial charge in [-0.2, -0.15) is 5.10 Å². The van der Waals surface area contributed by atoms with Crippen LogP contribution in [0.25, 0.3) is 5.69 Å². The van der Waals surface area contributed by atoms with Crippen LogP contribution in [-0.4, -0.2) is 9.78 Å². The van der Waals surface area contributed by atoms with E-state index >= 15 is 0 Å². The fourth-order valence-corrected chi connectivity index (χ4v) is 3.15. The number of nitrogens with zero attached hydrogens (tertiary/aromatic N) is 2. The van der Waals surface area contributed by atoms with Gasteiger partial charge in [0.05, 0.1) is 11.4 Å². The Balaban J connectivity index is 1.75. The molecule has 1 aromatic carbocycles. The number of hydrogen-bond acceptors (Lipinski definition) is 3. The van der Waals surface area contributed by atoms with Crippen LogP contribution in [0.1, 0.15) is 21.8 Å². The van der Waals surface area contributed by atoms with E-state index in [0.29, 0.717) is 0 Å². The molecule has 0 radical (unpaired) electrons. The topological polar surface area (TPSA) is 29.9 Å². The summed E-state index contributed by atoms with van der Waals surface area (Å²) in [5.41, 5.74) is 4.70. The number of rotatable bonds is 5. The fraction of sp³-hybridized carbons (Fsp3) is 0.235. The minimum atomic E-state index is 0.850. The zero-order chi connectivity index (χ0) is 14.7. The largest absolute Gasteiger partial charge is 0.308 e. The molecule has 21 heavy (non-hydrogen) atoms. The molecule has 3 nitrogen and oxygen atoms in total. The maximum absolute atomic E-state index is 4.68. The summed E-state index contributed by atoms with van der Waals surface area (Å²) in [5, 5.41) is 10.3. The van der Waals surface area contributed by atoms with Gasteiger partial charge in [-0.25, -0.2) is 4.68 Å². The molecular formula is C17H19N3S. The summed E-state index contributed by atoms with van der Waals surface area (Å²) in [6.07, 6.45) is 0. The summed E-state index contributed by atoms with van der Waals surface area (Å²) >= 11 is 1.79.